The van der Waals surface area contributed by atoms with E-state index in [9.17, 15) is 13.2 Å². The Labute approximate surface area is 190 Å². The van der Waals surface area contributed by atoms with Crippen molar-refractivity contribution in [1.82, 2.24) is 4.72 Å². The molecule has 0 fully saturated rings. The Hall–Kier alpha value is -2.96. The summed E-state index contributed by atoms with van der Waals surface area (Å²) in [4.78, 5) is 12.5. The van der Waals surface area contributed by atoms with E-state index >= 15 is 0 Å². The average Bonchev–Trinajstić information content (AvgIpc) is 2.79. The van der Waals surface area contributed by atoms with Crippen LogP contribution in [0.4, 0.5) is 5.69 Å². The Balaban J connectivity index is 1.47. The van der Waals surface area contributed by atoms with E-state index < -0.39 is 10.0 Å². The molecular weight excluding hydrogens is 420 g/mol. The number of hydrogen-bond acceptors (Lipinski definition) is 3. The number of rotatable bonds is 10. The molecular formula is C26H30N2O3S. The first-order valence-corrected chi connectivity index (χ1v) is 12.3. The van der Waals surface area contributed by atoms with Crippen molar-refractivity contribution in [3.05, 3.63) is 95.6 Å². The number of anilines is 1. The Morgan fingerprint density at radius 1 is 0.812 bits per heavy atom. The lowest BCUT2D eigenvalue weighted by molar-refractivity contribution is -0.116. The lowest BCUT2D eigenvalue weighted by atomic mass is 10.0. The number of nitrogens with one attached hydrogen (secondary N) is 2. The minimum absolute atomic E-state index is 0.0680. The molecule has 0 radical (unpaired) electrons. The van der Waals surface area contributed by atoms with E-state index in [0.29, 0.717) is 31.7 Å². The van der Waals surface area contributed by atoms with Crippen LogP contribution in [0, 0.1) is 0 Å². The zero-order valence-electron chi connectivity index (χ0n) is 18.5. The first-order valence-electron chi connectivity index (χ1n) is 10.9. The first-order chi connectivity index (χ1) is 15.3. The van der Waals surface area contributed by atoms with E-state index in [1.54, 1.807) is 24.3 Å². The summed E-state index contributed by atoms with van der Waals surface area (Å²) in [5.74, 6) is 0.382. The molecule has 1 amide bonds. The number of sulfonamides is 1. The maximum atomic E-state index is 12.5. The summed E-state index contributed by atoms with van der Waals surface area (Å²) in [6, 6.07) is 24.3. The van der Waals surface area contributed by atoms with Crippen molar-refractivity contribution in [2.24, 2.45) is 0 Å². The van der Waals surface area contributed by atoms with Gasteiger partial charge in [0.15, 0.2) is 0 Å². The number of carbonyl (C=O) groups excluding carboxylic acids is 1. The van der Waals surface area contributed by atoms with Crippen molar-refractivity contribution in [2.45, 2.75) is 43.9 Å². The van der Waals surface area contributed by atoms with E-state index in [2.05, 4.69) is 23.9 Å². The predicted molar refractivity (Wildman–Crippen MR) is 129 cm³/mol. The van der Waals surface area contributed by atoms with Gasteiger partial charge in [-0.1, -0.05) is 68.4 Å². The van der Waals surface area contributed by atoms with Gasteiger partial charge in [0.1, 0.15) is 0 Å². The van der Waals surface area contributed by atoms with Crippen molar-refractivity contribution < 1.29 is 13.2 Å². The third kappa shape index (κ3) is 7.04. The maximum absolute atomic E-state index is 12.5. The van der Waals surface area contributed by atoms with Gasteiger partial charge in [-0.25, -0.2) is 13.1 Å². The van der Waals surface area contributed by atoms with Crippen molar-refractivity contribution >= 4 is 21.6 Å². The second-order valence-electron chi connectivity index (χ2n) is 8.10. The summed E-state index contributed by atoms with van der Waals surface area (Å²) in [7, 11) is -3.56. The number of carbonyl (C=O) groups is 1. The molecule has 0 saturated heterocycles. The highest BCUT2D eigenvalue weighted by Crippen LogP contribution is 2.18. The maximum Gasteiger partial charge on any atom is 0.240 e. The molecule has 5 nitrogen and oxygen atoms in total. The van der Waals surface area contributed by atoms with Crippen LogP contribution in [0.25, 0.3) is 0 Å². The SMILES string of the molecule is CC(C)c1ccc(NC(=O)CCc2ccc(S(=O)(=O)NCCc3ccccc3)cc2)cc1. The summed E-state index contributed by atoms with van der Waals surface area (Å²) in [6.07, 6.45) is 1.50. The van der Waals surface area contributed by atoms with E-state index in [0.717, 1.165) is 16.8 Å². The molecule has 6 heteroatoms. The minimum atomic E-state index is -3.56. The number of benzene rings is 3. The van der Waals surface area contributed by atoms with Crippen molar-refractivity contribution in [1.29, 1.82) is 0 Å². The molecule has 0 aliphatic carbocycles. The van der Waals surface area contributed by atoms with Crippen LogP contribution >= 0.6 is 0 Å². The molecule has 0 aliphatic rings. The standard InChI is InChI=1S/C26H30N2O3S/c1-20(2)23-11-13-24(14-12-23)28-26(29)17-10-22-8-15-25(16-9-22)32(30,31)27-19-18-21-6-4-3-5-7-21/h3-9,11-16,20,27H,10,17-19H2,1-2H3,(H,28,29). The van der Waals surface area contributed by atoms with E-state index in [1.807, 2.05) is 54.6 Å². The fourth-order valence-electron chi connectivity index (χ4n) is 3.33. The van der Waals surface area contributed by atoms with Gasteiger partial charge in [-0.05, 0) is 59.7 Å². The monoisotopic (exact) mass is 450 g/mol. The lowest BCUT2D eigenvalue weighted by Crippen LogP contribution is -2.26. The number of hydrogen-bond donors (Lipinski definition) is 2. The molecule has 0 spiro atoms. The molecule has 0 unspecified atom stereocenters. The second-order valence-corrected chi connectivity index (χ2v) is 9.87. The topological polar surface area (TPSA) is 75.3 Å². The van der Waals surface area contributed by atoms with Crippen LogP contribution in [0.1, 0.15) is 42.9 Å². The van der Waals surface area contributed by atoms with Crippen LogP contribution in [-0.4, -0.2) is 20.9 Å². The van der Waals surface area contributed by atoms with Gasteiger partial charge < -0.3 is 5.32 Å². The van der Waals surface area contributed by atoms with Gasteiger partial charge in [-0.15, -0.1) is 0 Å². The molecule has 0 aliphatic heterocycles. The second kappa shape index (κ2) is 11.1. The number of amides is 1. The normalized spacial score (nSPS) is 11.5. The summed E-state index contributed by atoms with van der Waals surface area (Å²) in [6.45, 7) is 4.60. The average molecular weight is 451 g/mol. The number of aryl methyl sites for hydroxylation is 1. The fraction of sp³-hybridized carbons (Fsp3) is 0.269. The molecule has 3 rings (SSSR count). The smallest absolute Gasteiger partial charge is 0.240 e. The minimum Gasteiger partial charge on any atom is -0.326 e. The predicted octanol–water partition coefficient (Wildman–Crippen LogP) is 4.90. The van der Waals surface area contributed by atoms with Gasteiger partial charge in [0.2, 0.25) is 15.9 Å². The van der Waals surface area contributed by atoms with Crippen LogP contribution < -0.4 is 10.0 Å². The van der Waals surface area contributed by atoms with Crippen molar-refractivity contribution in [3.8, 4) is 0 Å². The summed E-state index contributed by atoms with van der Waals surface area (Å²) in [5, 5.41) is 2.91. The first kappa shape index (κ1) is 23.7. The Kier molecular flexibility index (Phi) is 8.20. The van der Waals surface area contributed by atoms with Gasteiger partial charge in [0.05, 0.1) is 4.90 Å². The summed E-state index contributed by atoms with van der Waals surface area (Å²) in [5.41, 5.74) is 4.01. The molecule has 3 aromatic rings. The Bertz CT molecular complexity index is 1110. The molecule has 0 saturated carbocycles. The van der Waals surface area contributed by atoms with Crippen molar-refractivity contribution in [3.63, 3.8) is 0 Å². The van der Waals surface area contributed by atoms with Gasteiger partial charge in [-0.2, -0.15) is 0 Å². The molecule has 32 heavy (non-hydrogen) atoms. The van der Waals surface area contributed by atoms with Crippen LogP contribution in [0.5, 0.6) is 0 Å². The summed E-state index contributed by atoms with van der Waals surface area (Å²) >= 11 is 0. The molecule has 0 atom stereocenters. The highest BCUT2D eigenvalue weighted by molar-refractivity contribution is 7.89. The molecule has 0 aromatic heterocycles. The van der Waals surface area contributed by atoms with Crippen LogP contribution in [0.15, 0.2) is 83.8 Å². The Morgan fingerprint density at radius 2 is 1.44 bits per heavy atom. The van der Waals surface area contributed by atoms with E-state index in [-0.39, 0.29) is 10.8 Å². The largest absolute Gasteiger partial charge is 0.326 e. The molecule has 0 heterocycles. The zero-order chi connectivity index (χ0) is 23.0. The highest BCUT2D eigenvalue weighted by Gasteiger charge is 2.13. The molecule has 168 valence electrons. The zero-order valence-corrected chi connectivity index (χ0v) is 19.4. The third-order valence-corrected chi connectivity index (χ3v) is 6.76. The van der Waals surface area contributed by atoms with Crippen LogP contribution in [0.3, 0.4) is 0 Å². The van der Waals surface area contributed by atoms with E-state index in [1.165, 1.54) is 5.56 Å². The fourth-order valence-corrected chi connectivity index (χ4v) is 4.36. The van der Waals surface area contributed by atoms with Gasteiger partial charge in [0, 0.05) is 18.7 Å². The molecule has 2 N–H and O–H groups in total. The third-order valence-electron chi connectivity index (χ3n) is 5.28. The molecule has 3 aromatic carbocycles. The molecule has 0 bridgehead atoms. The quantitative estimate of drug-likeness (QED) is 0.461. The van der Waals surface area contributed by atoms with Gasteiger partial charge in [-0.3, -0.25) is 4.79 Å². The van der Waals surface area contributed by atoms with Gasteiger partial charge >= 0.3 is 0 Å². The lowest BCUT2D eigenvalue weighted by Gasteiger charge is -2.09. The van der Waals surface area contributed by atoms with E-state index in [4.69, 9.17) is 0 Å². The highest BCUT2D eigenvalue weighted by atomic mass is 32.2. The van der Waals surface area contributed by atoms with Crippen molar-refractivity contribution in [2.75, 3.05) is 11.9 Å². The Morgan fingerprint density at radius 3 is 2.06 bits per heavy atom. The van der Waals surface area contributed by atoms with Crippen LogP contribution in [0.2, 0.25) is 0 Å². The van der Waals surface area contributed by atoms with Crippen LogP contribution in [-0.2, 0) is 27.7 Å². The summed E-state index contributed by atoms with van der Waals surface area (Å²) < 4.78 is 27.6. The van der Waals surface area contributed by atoms with Gasteiger partial charge in [0.25, 0.3) is 0 Å².